The molecule has 1 fully saturated rings. The molecule has 1 aromatic rings. The Morgan fingerprint density at radius 1 is 1.53 bits per heavy atom. The molecule has 0 bridgehead atoms. The average molecular weight is 294 g/mol. The summed E-state index contributed by atoms with van der Waals surface area (Å²) in [6.45, 7) is 0. The molecule has 0 atom stereocenters. The fourth-order valence-electron chi connectivity index (χ4n) is 1.58. The van der Waals surface area contributed by atoms with E-state index in [0.29, 0.717) is 22.9 Å². The fraction of sp³-hybridized carbons (Fsp3) is 0.300. The van der Waals surface area contributed by atoms with Crippen LogP contribution in [0.25, 0.3) is 0 Å². The van der Waals surface area contributed by atoms with E-state index in [1.165, 1.54) is 6.07 Å². The highest BCUT2D eigenvalue weighted by molar-refractivity contribution is 9.10. The topological polar surface area (TPSA) is 37.3 Å². The molecular weight excluding hydrogens is 286 g/mol. The third-order valence-electron chi connectivity index (χ3n) is 2.70. The summed E-state index contributed by atoms with van der Waals surface area (Å²) in [4.78, 5) is 11.0. The molecule has 2 nitrogen and oxygen atoms in total. The van der Waals surface area contributed by atoms with Gasteiger partial charge in [0.1, 0.15) is 5.82 Å². The van der Waals surface area contributed by atoms with Gasteiger partial charge in [-0.3, -0.25) is 4.79 Å². The van der Waals surface area contributed by atoms with Crippen LogP contribution in [0.3, 0.4) is 0 Å². The maximum Gasteiger partial charge on any atom is 0.314 e. The second-order valence-corrected chi connectivity index (χ2v) is 4.87. The van der Waals surface area contributed by atoms with Crippen LogP contribution in [0.5, 0.6) is 0 Å². The number of carboxylic acid groups (broad SMARTS) is 1. The summed E-state index contributed by atoms with van der Waals surface area (Å²) in [5.74, 6) is -1.50. The molecule has 0 aromatic heterocycles. The maximum absolute atomic E-state index is 13.3. The van der Waals surface area contributed by atoms with E-state index >= 15 is 0 Å². The molecular formula is C10H7BrClFO2. The predicted molar refractivity (Wildman–Crippen MR) is 57.7 cm³/mol. The first-order valence-electron chi connectivity index (χ1n) is 4.36. The number of hydrogen-bond acceptors (Lipinski definition) is 1. The molecule has 1 aliphatic rings. The summed E-state index contributed by atoms with van der Waals surface area (Å²) in [5, 5.41) is 9.02. The van der Waals surface area contributed by atoms with Gasteiger partial charge in [-0.25, -0.2) is 4.39 Å². The van der Waals surface area contributed by atoms with Crippen LogP contribution in [0.4, 0.5) is 4.39 Å². The third kappa shape index (κ3) is 1.66. The molecule has 1 N–H and O–H groups in total. The Bertz CT molecular complexity index is 420. The molecule has 0 unspecified atom stereocenters. The van der Waals surface area contributed by atoms with Crippen LogP contribution < -0.4 is 0 Å². The van der Waals surface area contributed by atoms with Crippen LogP contribution in [0, 0.1) is 5.82 Å². The molecule has 15 heavy (non-hydrogen) atoms. The van der Waals surface area contributed by atoms with Crippen LogP contribution in [0.2, 0.25) is 5.02 Å². The van der Waals surface area contributed by atoms with Crippen molar-refractivity contribution in [2.24, 2.45) is 0 Å². The Hall–Kier alpha value is -0.610. The van der Waals surface area contributed by atoms with E-state index in [2.05, 4.69) is 15.9 Å². The fourth-order valence-corrected chi connectivity index (χ4v) is 2.13. The van der Waals surface area contributed by atoms with Crippen molar-refractivity contribution in [2.45, 2.75) is 18.3 Å². The first kappa shape index (κ1) is 10.9. The van der Waals surface area contributed by atoms with E-state index in [9.17, 15) is 9.18 Å². The molecule has 0 amide bonds. The minimum Gasteiger partial charge on any atom is -0.481 e. The number of aliphatic carboxylic acids is 1. The standard InChI is InChI=1S/C10H7BrClFO2/c11-6-3-5(4-7(13)8(6)12)10(1-2-10)9(14)15/h3-4H,1-2H2,(H,14,15). The van der Waals surface area contributed by atoms with Gasteiger partial charge in [0.15, 0.2) is 0 Å². The lowest BCUT2D eigenvalue weighted by molar-refractivity contribution is -0.140. The lowest BCUT2D eigenvalue weighted by atomic mass is 9.96. The van der Waals surface area contributed by atoms with Crippen molar-refractivity contribution >= 4 is 33.5 Å². The Morgan fingerprint density at radius 3 is 2.53 bits per heavy atom. The van der Waals surface area contributed by atoms with Crippen LogP contribution >= 0.6 is 27.5 Å². The third-order valence-corrected chi connectivity index (χ3v) is 3.93. The van der Waals surface area contributed by atoms with E-state index in [0.717, 1.165) is 0 Å². The molecule has 0 aliphatic heterocycles. The van der Waals surface area contributed by atoms with Crippen molar-refractivity contribution in [1.29, 1.82) is 0 Å². The second kappa shape index (κ2) is 3.46. The maximum atomic E-state index is 13.3. The quantitative estimate of drug-likeness (QED) is 0.849. The number of halogens is 3. The van der Waals surface area contributed by atoms with Crippen molar-refractivity contribution in [2.75, 3.05) is 0 Å². The normalized spacial score (nSPS) is 17.5. The zero-order valence-electron chi connectivity index (χ0n) is 7.56. The first-order chi connectivity index (χ1) is 6.97. The smallest absolute Gasteiger partial charge is 0.314 e. The molecule has 1 aliphatic carbocycles. The van der Waals surface area contributed by atoms with Gasteiger partial charge in [0.2, 0.25) is 0 Å². The highest BCUT2D eigenvalue weighted by atomic mass is 79.9. The van der Waals surface area contributed by atoms with E-state index in [4.69, 9.17) is 16.7 Å². The Kier molecular flexibility index (Phi) is 2.51. The highest BCUT2D eigenvalue weighted by Gasteiger charge is 2.52. The highest BCUT2D eigenvalue weighted by Crippen LogP contribution is 2.49. The monoisotopic (exact) mass is 292 g/mol. The second-order valence-electron chi connectivity index (χ2n) is 3.64. The zero-order chi connectivity index (χ0) is 11.2. The summed E-state index contributed by atoms with van der Waals surface area (Å²) in [7, 11) is 0. The number of carbonyl (C=O) groups is 1. The molecule has 5 heteroatoms. The summed E-state index contributed by atoms with van der Waals surface area (Å²) in [5.41, 5.74) is -0.419. The molecule has 0 saturated heterocycles. The van der Waals surface area contributed by atoms with E-state index in [1.807, 2.05) is 0 Å². The number of benzene rings is 1. The van der Waals surface area contributed by atoms with E-state index in [-0.39, 0.29) is 5.02 Å². The van der Waals surface area contributed by atoms with Crippen LogP contribution in [0.15, 0.2) is 16.6 Å². The summed E-state index contributed by atoms with van der Waals surface area (Å²) in [6, 6.07) is 2.78. The largest absolute Gasteiger partial charge is 0.481 e. The van der Waals surface area contributed by atoms with Crippen LogP contribution in [0.1, 0.15) is 18.4 Å². The molecule has 0 radical (unpaired) electrons. The lowest BCUT2D eigenvalue weighted by Crippen LogP contribution is -2.19. The summed E-state index contributed by atoms with van der Waals surface area (Å²) in [6.07, 6.45) is 1.10. The van der Waals surface area contributed by atoms with Gasteiger partial charge in [-0.15, -0.1) is 0 Å². The minimum atomic E-state index is -0.906. The molecule has 1 saturated carbocycles. The van der Waals surface area contributed by atoms with Gasteiger partial charge < -0.3 is 5.11 Å². The Labute approximate surface area is 99.2 Å². The molecule has 0 heterocycles. The molecule has 0 spiro atoms. The van der Waals surface area contributed by atoms with Gasteiger partial charge in [-0.2, -0.15) is 0 Å². The van der Waals surface area contributed by atoms with Gasteiger partial charge in [0, 0.05) is 4.47 Å². The van der Waals surface area contributed by atoms with E-state index in [1.54, 1.807) is 6.07 Å². The van der Waals surface area contributed by atoms with Crippen molar-refractivity contribution in [3.8, 4) is 0 Å². The minimum absolute atomic E-state index is 0.0139. The summed E-state index contributed by atoms with van der Waals surface area (Å²) >= 11 is 8.73. The van der Waals surface area contributed by atoms with Crippen LogP contribution in [-0.4, -0.2) is 11.1 Å². The van der Waals surface area contributed by atoms with Crippen molar-refractivity contribution in [3.05, 3.63) is 33.0 Å². The van der Waals surface area contributed by atoms with Gasteiger partial charge in [-0.05, 0) is 46.5 Å². The van der Waals surface area contributed by atoms with Crippen molar-refractivity contribution in [3.63, 3.8) is 0 Å². The van der Waals surface area contributed by atoms with Gasteiger partial charge in [0.05, 0.1) is 10.4 Å². The molecule has 80 valence electrons. The van der Waals surface area contributed by atoms with Gasteiger partial charge in [0.25, 0.3) is 0 Å². The SMILES string of the molecule is O=C(O)C1(c2cc(F)c(Cl)c(Br)c2)CC1. The zero-order valence-corrected chi connectivity index (χ0v) is 9.90. The number of carboxylic acids is 1. The predicted octanol–water partition coefficient (Wildman–Crippen LogP) is 3.36. The first-order valence-corrected chi connectivity index (χ1v) is 5.53. The van der Waals surface area contributed by atoms with Crippen molar-refractivity contribution in [1.82, 2.24) is 0 Å². The van der Waals surface area contributed by atoms with Crippen molar-refractivity contribution < 1.29 is 14.3 Å². The Balaban J connectivity index is 2.51. The molecule has 1 aromatic carbocycles. The Morgan fingerprint density at radius 2 is 2.13 bits per heavy atom. The van der Waals surface area contributed by atoms with Gasteiger partial charge in [-0.1, -0.05) is 11.6 Å². The lowest BCUT2D eigenvalue weighted by Gasteiger charge is -2.11. The summed E-state index contributed by atoms with van der Waals surface area (Å²) < 4.78 is 13.7. The van der Waals surface area contributed by atoms with Crippen LogP contribution in [-0.2, 0) is 10.2 Å². The number of rotatable bonds is 2. The number of hydrogen-bond donors (Lipinski definition) is 1. The average Bonchev–Trinajstić information content (AvgIpc) is 2.93. The van der Waals surface area contributed by atoms with E-state index < -0.39 is 17.2 Å². The molecule has 2 rings (SSSR count). The van der Waals surface area contributed by atoms with Gasteiger partial charge >= 0.3 is 5.97 Å².